The molecule has 1 aromatic carbocycles. The summed E-state index contributed by atoms with van der Waals surface area (Å²) in [5.74, 6) is 0. The molecule has 4 nitrogen and oxygen atoms in total. The fourth-order valence-electron chi connectivity index (χ4n) is 1.96. The Hall–Kier alpha value is -2.50. The summed E-state index contributed by atoms with van der Waals surface area (Å²) in [5, 5.41) is 21.9. The molecule has 0 unspecified atom stereocenters. The third-order valence-corrected chi connectivity index (χ3v) is 4.17. The third kappa shape index (κ3) is 2.74. The summed E-state index contributed by atoms with van der Waals surface area (Å²) >= 11 is 1.23. The van der Waals surface area contributed by atoms with Crippen LogP contribution in [0.4, 0.5) is 10.7 Å². The Bertz CT molecular complexity index is 704. The maximum absolute atomic E-state index is 9.10. The lowest BCUT2D eigenvalue weighted by Crippen LogP contribution is -2.05. The second-order valence-electron chi connectivity index (χ2n) is 4.38. The van der Waals surface area contributed by atoms with Crippen molar-refractivity contribution in [3.05, 3.63) is 45.8 Å². The van der Waals surface area contributed by atoms with E-state index in [0.29, 0.717) is 22.0 Å². The van der Waals surface area contributed by atoms with Gasteiger partial charge in [0.1, 0.15) is 27.6 Å². The molecule has 0 aliphatic rings. The van der Waals surface area contributed by atoms with Crippen LogP contribution < -0.4 is 11.1 Å². The zero-order valence-electron chi connectivity index (χ0n) is 11.1. The van der Waals surface area contributed by atoms with Crippen molar-refractivity contribution in [2.75, 3.05) is 17.6 Å². The molecule has 1 aromatic heterocycles. The predicted octanol–water partition coefficient (Wildman–Crippen LogP) is 3.04. The summed E-state index contributed by atoms with van der Waals surface area (Å²) < 4.78 is 0. The van der Waals surface area contributed by atoms with E-state index in [1.165, 1.54) is 22.5 Å². The summed E-state index contributed by atoms with van der Waals surface area (Å²) in [6.07, 6.45) is 0.858. The van der Waals surface area contributed by atoms with E-state index in [9.17, 15) is 0 Å². The van der Waals surface area contributed by atoms with Gasteiger partial charge in [0.25, 0.3) is 0 Å². The molecule has 0 saturated carbocycles. The number of nitrogens with one attached hydrogen (secondary N) is 1. The van der Waals surface area contributed by atoms with E-state index >= 15 is 0 Å². The number of rotatable bonds is 4. The summed E-state index contributed by atoms with van der Waals surface area (Å²) in [7, 11) is 0. The second kappa shape index (κ2) is 6.10. The zero-order valence-corrected chi connectivity index (χ0v) is 11.9. The van der Waals surface area contributed by atoms with Gasteiger partial charge < -0.3 is 11.1 Å². The lowest BCUT2D eigenvalue weighted by molar-refractivity contribution is 1.01. The minimum atomic E-state index is 0.276. The van der Waals surface area contributed by atoms with Crippen LogP contribution in [0.15, 0.2) is 24.3 Å². The monoisotopic (exact) mass is 282 g/mol. The molecule has 5 heteroatoms. The fraction of sp³-hybridized carbons (Fsp3) is 0.200. The number of anilines is 2. The minimum absolute atomic E-state index is 0.276. The molecule has 100 valence electrons. The van der Waals surface area contributed by atoms with Crippen molar-refractivity contribution >= 4 is 22.0 Å². The number of hydrogen-bond donors (Lipinski definition) is 2. The second-order valence-corrected chi connectivity index (χ2v) is 5.40. The third-order valence-electron chi connectivity index (χ3n) is 3.10. The number of benzene rings is 1. The highest BCUT2D eigenvalue weighted by Gasteiger charge is 2.15. The highest BCUT2D eigenvalue weighted by molar-refractivity contribution is 7.17. The van der Waals surface area contributed by atoms with E-state index in [1.807, 2.05) is 18.2 Å². The number of hydrogen-bond acceptors (Lipinski definition) is 5. The summed E-state index contributed by atoms with van der Waals surface area (Å²) in [6, 6.07) is 12.3. The quantitative estimate of drug-likeness (QED) is 0.902. The Morgan fingerprint density at radius 1 is 1.25 bits per heavy atom. The van der Waals surface area contributed by atoms with Gasteiger partial charge >= 0.3 is 0 Å². The van der Waals surface area contributed by atoms with Gasteiger partial charge in [-0.2, -0.15) is 10.5 Å². The Morgan fingerprint density at radius 2 is 2.00 bits per heavy atom. The average Bonchev–Trinajstić information content (AvgIpc) is 2.76. The summed E-state index contributed by atoms with van der Waals surface area (Å²) in [4.78, 5) is 0.389. The van der Waals surface area contributed by atoms with Gasteiger partial charge in [0.05, 0.1) is 5.69 Å². The Labute approximate surface area is 122 Å². The highest BCUT2D eigenvalue weighted by Crippen LogP contribution is 2.34. The molecule has 0 fully saturated rings. The van der Waals surface area contributed by atoms with Gasteiger partial charge in [0, 0.05) is 6.54 Å². The number of nitrogens with two attached hydrogens (primary N) is 1. The van der Waals surface area contributed by atoms with Gasteiger partial charge in [-0.05, 0) is 24.5 Å². The average molecular weight is 282 g/mol. The number of nitriles is 2. The maximum Gasteiger partial charge on any atom is 0.131 e. The molecule has 3 N–H and O–H groups in total. The largest absolute Gasteiger partial charge is 0.396 e. The predicted molar refractivity (Wildman–Crippen MR) is 81.5 cm³/mol. The van der Waals surface area contributed by atoms with E-state index in [-0.39, 0.29) is 5.69 Å². The molecule has 20 heavy (non-hydrogen) atoms. The van der Waals surface area contributed by atoms with Gasteiger partial charge in [0.15, 0.2) is 0 Å². The summed E-state index contributed by atoms with van der Waals surface area (Å²) in [6.45, 7) is 2.78. The van der Waals surface area contributed by atoms with Gasteiger partial charge in [-0.25, -0.2) is 0 Å². The van der Waals surface area contributed by atoms with Crippen LogP contribution in [0.2, 0.25) is 0 Å². The van der Waals surface area contributed by atoms with Crippen LogP contribution in [0.1, 0.15) is 21.6 Å². The topological polar surface area (TPSA) is 85.6 Å². The number of nitrogens with zero attached hydrogens (tertiary/aromatic N) is 2. The van der Waals surface area contributed by atoms with Gasteiger partial charge in [-0.3, -0.25) is 0 Å². The van der Waals surface area contributed by atoms with Crippen molar-refractivity contribution in [2.24, 2.45) is 0 Å². The normalized spacial score (nSPS) is 9.75. The Balaban J connectivity index is 2.08. The van der Waals surface area contributed by atoms with Crippen LogP contribution in [0, 0.1) is 29.6 Å². The molecule has 0 spiro atoms. The van der Waals surface area contributed by atoms with Crippen molar-refractivity contribution < 1.29 is 0 Å². The molecular formula is C15H14N4S. The van der Waals surface area contributed by atoms with E-state index < -0.39 is 0 Å². The van der Waals surface area contributed by atoms with Crippen molar-refractivity contribution in [2.45, 2.75) is 13.3 Å². The SMILES string of the molecule is Cc1ccccc1CCNc1sc(C#N)c(N)c1C#N. The first-order valence-corrected chi connectivity index (χ1v) is 7.00. The van der Waals surface area contributed by atoms with Crippen LogP contribution >= 0.6 is 11.3 Å². The smallest absolute Gasteiger partial charge is 0.131 e. The number of thiophene rings is 1. The highest BCUT2D eigenvalue weighted by atomic mass is 32.1. The first-order chi connectivity index (χ1) is 9.67. The Kier molecular flexibility index (Phi) is 4.24. The van der Waals surface area contributed by atoms with Crippen molar-refractivity contribution in [3.8, 4) is 12.1 Å². The van der Waals surface area contributed by atoms with Crippen LogP contribution in [0.25, 0.3) is 0 Å². The minimum Gasteiger partial charge on any atom is -0.396 e. The van der Waals surface area contributed by atoms with Crippen molar-refractivity contribution in [1.82, 2.24) is 0 Å². The Morgan fingerprint density at radius 3 is 2.65 bits per heavy atom. The van der Waals surface area contributed by atoms with E-state index in [1.54, 1.807) is 0 Å². The first kappa shape index (κ1) is 13.9. The van der Waals surface area contributed by atoms with Crippen LogP contribution in [-0.4, -0.2) is 6.54 Å². The number of aryl methyl sites for hydroxylation is 1. The molecule has 0 amide bonds. The van der Waals surface area contributed by atoms with Crippen LogP contribution in [-0.2, 0) is 6.42 Å². The lowest BCUT2D eigenvalue weighted by atomic mass is 10.1. The standard InChI is InChI=1S/C15H14N4S/c1-10-4-2-3-5-11(10)6-7-19-15-12(8-16)14(18)13(9-17)20-15/h2-5,19H,6-7,18H2,1H3. The van der Waals surface area contributed by atoms with E-state index in [4.69, 9.17) is 16.3 Å². The molecule has 0 atom stereocenters. The van der Waals surface area contributed by atoms with Crippen molar-refractivity contribution in [1.29, 1.82) is 10.5 Å². The molecule has 0 aliphatic carbocycles. The molecule has 2 rings (SSSR count). The van der Waals surface area contributed by atoms with Gasteiger partial charge in [-0.15, -0.1) is 11.3 Å². The fourth-order valence-corrected chi connectivity index (χ4v) is 2.86. The van der Waals surface area contributed by atoms with Crippen LogP contribution in [0.5, 0.6) is 0 Å². The maximum atomic E-state index is 9.10. The van der Waals surface area contributed by atoms with E-state index in [2.05, 4.69) is 30.4 Å². The zero-order chi connectivity index (χ0) is 14.5. The molecule has 0 bridgehead atoms. The molecule has 0 radical (unpaired) electrons. The first-order valence-electron chi connectivity index (χ1n) is 6.18. The van der Waals surface area contributed by atoms with Crippen LogP contribution in [0.3, 0.4) is 0 Å². The van der Waals surface area contributed by atoms with E-state index in [0.717, 1.165) is 6.42 Å². The number of nitrogen functional groups attached to an aromatic ring is 1. The lowest BCUT2D eigenvalue weighted by Gasteiger charge is -2.07. The van der Waals surface area contributed by atoms with Gasteiger partial charge in [-0.1, -0.05) is 24.3 Å². The summed E-state index contributed by atoms with van der Waals surface area (Å²) in [5.41, 5.74) is 8.92. The molecule has 0 saturated heterocycles. The molecule has 0 aliphatic heterocycles. The molecule has 2 aromatic rings. The van der Waals surface area contributed by atoms with Crippen molar-refractivity contribution in [3.63, 3.8) is 0 Å². The molecule has 1 heterocycles. The van der Waals surface area contributed by atoms with Gasteiger partial charge in [0.2, 0.25) is 0 Å². The molecular weight excluding hydrogens is 268 g/mol.